The van der Waals surface area contributed by atoms with Gasteiger partial charge in [0, 0.05) is 13.5 Å². The Hall–Kier alpha value is -0.750. The van der Waals surface area contributed by atoms with Crippen molar-refractivity contribution in [2.24, 2.45) is 12.8 Å². The molecule has 0 unspecified atom stereocenters. The molecule has 5 nitrogen and oxygen atoms in total. The van der Waals surface area contributed by atoms with Gasteiger partial charge >= 0.3 is 0 Å². The molecule has 90 valence electrons. The van der Waals surface area contributed by atoms with Crippen LogP contribution in [0.1, 0.15) is 42.6 Å². The Morgan fingerprint density at radius 2 is 2.06 bits per heavy atom. The maximum absolute atomic E-state index is 11.8. The van der Waals surface area contributed by atoms with E-state index in [4.69, 9.17) is 5.73 Å². The number of Topliss-reactive ketones (excluding diaryl/α,β-unsaturated/α-hetero) is 1. The lowest BCUT2D eigenvalue weighted by Crippen LogP contribution is -2.07. The first-order chi connectivity index (χ1) is 7.66. The summed E-state index contributed by atoms with van der Waals surface area (Å²) in [6.07, 6.45) is 4.62. The van der Waals surface area contributed by atoms with Gasteiger partial charge < -0.3 is 5.73 Å². The summed E-state index contributed by atoms with van der Waals surface area (Å²) in [5, 5.41) is 7.56. The molecular weight excluding hydrogens is 272 g/mol. The summed E-state index contributed by atoms with van der Waals surface area (Å²) >= 11 is 3.22. The summed E-state index contributed by atoms with van der Waals surface area (Å²) in [6, 6.07) is 0. The van der Waals surface area contributed by atoms with Crippen LogP contribution in [0.3, 0.4) is 0 Å². The second-order valence-corrected chi connectivity index (χ2v) is 4.48. The second kappa shape index (κ2) is 6.75. The Bertz CT molecular complexity index is 331. The molecule has 6 heteroatoms. The average molecular weight is 289 g/mol. The third-order valence-electron chi connectivity index (χ3n) is 2.41. The molecule has 0 saturated heterocycles. The molecule has 16 heavy (non-hydrogen) atoms. The predicted octanol–water partition coefficient (Wildman–Crippen LogP) is 1.67. The summed E-state index contributed by atoms with van der Waals surface area (Å²) in [5.74, 6) is 0.0899. The number of rotatable bonds is 7. The van der Waals surface area contributed by atoms with Crippen molar-refractivity contribution in [2.75, 3.05) is 6.54 Å². The van der Waals surface area contributed by atoms with E-state index in [2.05, 4.69) is 26.2 Å². The van der Waals surface area contributed by atoms with Gasteiger partial charge in [-0.05, 0) is 35.3 Å². The molecule has 0 spiro atoms. The number of carbonyl (C=O) groups excluding carboxylic acids is 1. The molecule has 2 N–H and O–H groups in total. The van der Waals surface area contributed by atoms with Crippen LogP contribution in [0.4, 0.5) is 0 Å². The number of ketones is 1. The number of nitrogens with two attached hydrogens (primary N) is 1. The Balaban J connectivity index is 2.36. The maximum Gasteiger partial charge on any atom is 0.183 e. The van der Waals surface area contributed by atoms with Gasteiger partial charge in [0.2, 0.25) is 0 Å². The third-order valence-corrected chi connectivity index (χ3v) is 2.94. The number of carbonyl (C=O) groups is 1. The number of hydrogen-bond donors (Lipinski definition) is 1. The number of halogens is 1. The SMILES string of the molecule is Cn1nnc(Br)c1C(=O)CCCCCCN. The number of nitrogens with zero attached hydrogens (tertiary/aromatic N) is 3. The molecule has 1 aromatic rings. The van der Waals surface area contributed by atoms with Crippen LogP contribution in [0.15, 0.2) is 4.60 Å². The third kappa shape index (κ3) is 3.68. The molecule has 0 radical (unpaired) electrons. The van der Waals surface area contributed by atoms with Crippen LogP contribution in [0.2, 0.25) is 0 Å². The number of hydrogen-bond acceptors (Lipinski definition) is 4. The summed E-state index contributed by atoms with van der Waals surface area (Å²) in [4.78, 5) is 11.8. The van der Waals surface area contributed by atoms with E-state index < -0.39 is 0 Å². The lowest BCUT2D eigenvalue weighted by atomic mass is 10.1. The van der Waals surface area contributed by atoms with Gasteiger partial charge in [0.15, 0.2) is 10.4 Å². The number of aromatic nitrogens is 3. The van der Waals surface area contributed by atoms with Crippen molar-refractivity contribution in [1.82, 2.24) is 15.0 Å². The molecule has 0 aliphatic rings. The van der Waals surface area contributed by atoms with Crippen molar-refractivity contribution in [3.8, 4) is 0 Å². The predicted molar refractivity (Wildman–Crippen MR) is 65.2 cm³/mol. The number of aryl methyl sites for hydroxylation is 1. The molecule has 0 aromatic carbocycles. The highest BCUT2D eigenvalue weighted by atomic mass is 79.9. The minimum absolute atomic E-state index is 0.0899. The van der Waals surface area contributed by atoms with E-state index in [1.165, 1.54) is 4.68 Å². The Morgan fingerprint density at radius 3 is 2.62 bits per heavy atom. The summed E-state index contributed by atoms with van der Waals surface area (Å²) in [6.45, 7) is 0.727. The molecule has 0 amide bonds. The molecule has 0 atom stereocenters. The molecule has 1 rings (SSSR count). The fourth-order valence-corrected chi connectivity index (χ4v) is 2.08. The van der Waals surface area contributed by atoms with Gasteiger partial charge in [0.25, 0.3) is 0 Å². The molecule has 0 fully saturated rings. The van der Waals surface area contributed by atoms with Crippen LogP contribution in [-0.2, 0) is 7.05 Å². The molecule has 0 aliphatic carbocycles. The zero-order valence-corrected chi connectivity index (χ0v) is 11.0. The first-order valence-corrected chi connectivity index (χ1v) is 6.24. The minimum Gasteiger partial charge on any atom is -0.330 e. The quantitative estimate of drug-likeness (QED) is 0.612. The van der Waals surface area contributed by atoms with Gasteiger partial charge in [-0.15, -0.1) is 5.10 Å². The smallest absolute Gasteiger partial charge is 0.183 e. The standard InChI is InChI=1S/C10H17BrN4O/c1-15-9(10(11)13-14-15)8(16)6-4-2-3-5-7-12/h2-7,12H2,1H3. The average Bonchev–Trinajstić information content (AvgIpc) is 2.58. The normalized spacial score (nSPS) is 10.7. The van der Waals surface area contributed by atoms with E-state index in [-0.39, 0.29) is 5.78 Å². The van der Waals surface area contributed by atoms with E-state index in [1.807, 2.05) is 0 Å². The van der Waals surface area contributed by atoms with Crippen LogP contribution in [0, 0.1) is 0 Å². The lowest BCUT2D eigenvalue weighted by molar-refractivity contribution is 0.0969. The molecule has 0 saturated carbocycles. The van der Waals surface area contributed by atoms with Crippen LogP contribution in [0.5, 0.6) is 0 Å². The highest BCUT2D eigenvalue weighted by Crippen LogP contribution is 2.15. The Labute approximate surface area is 104 Å². The van der Waals surface area contributed by atoms with Crippen LogP contribution >= 0.6 is 15.9 Å². The fourth-order valence-electron chi connectivity index (χ4n) is 1.53. The van der Waals surface area contributed by atoms with Crippen LogP contribution in [-0.4, -0.2) is 27.3 Å². The second-order valence-electron chi connectivity index (χ2n) is 3.73. The highest BCUT2D eigenvalue weighted by molar-refractivity contribution is 9.10. The molecular formula is C10H17BrN4O. The van der Waals surface area contributed by atoms with E-state index in [9.17, 15) is 4.79 Å². The zero-order chi connectivity index (χ0) is 12.0. The van der Waals surface area contributed by atoms with E-state index in [0.717, 1.165) is 32.2 Å². The highest BCUT2D eigenvalue weighted by Gasteiger charge is 2.15. The molecule has 1 heterocycles. The van der Waals surface area contributed by atoms with Crippen molar-refractivity contribution >= 4 is 21.7 Å². The van der Waals surface area contributed by atoms with Gasteiger partial charge in [0.1, 0.15) is 5.69 Å². The van der Waals surface area contributed by atoms with E-state index in [1.54, 1.807) is 7.05 Å². The van der Waals surface area contributed by atoms with Gasteiger partial charge in [0.05, 0.1) is 0 Å². The first-order valence-electron chi connectivity index (χ1n) is 5.45. The van der Waals surface area contributed by atoms with Crippen molar-refractivity contribution < 1.29 is 4.79 Å². The van der Waals surface area contributed by atoms with Gasteiger partial charge in [-0.1, -0.05) is 18.1 Å². The maximum atomic E-state index is 11.8. The van der Waals surface area contributed by atoms with Gasteiger partial charge in [-0.3, -0.25) is 4.79 Å². The zero-order valence-electron chi connectivity index (χ0n) is 9.45. The Morgan fingerprint density at radius 1 is 1.38 bits per heavy atom. The van der Waals surface area contributed by atoms with Crippen molar-refractivity contribution in [3.05, 3.63) is 10.3 Å². The lowest BCUT2D eigenvalue weighted by Gasteiger charge is -2.01. The van der Waals surface area contributed by atoms with Gasteiger partial charge in [-0.2, -0.15) is 0 Å². The fraction of sp³-hybridized carbons (Fsp3) is 0.700. The first kappa shape index (κ1) is 13.3. The van der Waals surface area contributed by atoms with E-state index >= 15 is 0 Å². The van der Waals surface area contributed by atoms with Crippen LogP contribution < -0.4 is 5.73 Å². The largest absolute Gasteiger partial charge is 0.330 e. The summed E-state index contributed by atoms with van der Waals surface area (Å²) in [7, 11) is 1.72. The molecule has 1 aromatic heterocycles. The molecule has 0 bridgehead atoms. The minimum atomic E-state index is 0.0899. The summed E-state index contributed by atoms with van der Waals surface area (Å²) < 4.78 is 2.04. The monoisotopic (exact) mass is 288 g/mol. The topological polar surface area (TPSA) is 73.8 Å². The van der Waals surface area contributed by atoms with Gasteiger partial charge in [-0.25, -0.2) is 4.68 Å². The van der Waals surface area contributed by atoms with E-state index in [0.29, 0.717) is 16.7 Å². The summed E-state index contributed by atoms with van der Waals surface area (Å²) in [5.41, 5.74) is 5.95. The van der Waals surface area contributed by atoms with Crippen molar-refractivity contribution in [3.63, 3.8) is 0 Å². The Kier molecular flexibility index (Phi) is 5.62. The van der Waals surface area contributed by atoms with Crippen molar-refractivity contribution in [2.45, 2.75) is 32.1 Å². The number of unbranched alkanes of at least 4 members (excludes halogenated alkanes) is 3. The van der Waals surface area contributed by atoms with Crippen LogP contribution in [0.25, 0.3) is 0 Å². The molecule has 0 aliphatic heterocycles. The van der Waals surface area contributed by atoms with Crippen molar-refractivity contribution in [1.29, 1.82) is 0 Å².